The zero-order valence-corrected chi connectivity index (χ0v) is 20.0. The molecule has 1 amide bonds. The Bertz CT molecular complexity index is 1190. The van der Waals surface area contributed by atoms with Crippen LogP contribution in [0.25, 0.3) is 16.9 Å². The van der Waals surface area contributed by atoms with Crippen LogP contribution >= 0.6 is 50.9 Å². The molecule has 0 atom stereocenters. The largest absolute Gasteiger partial charge is 0.325 e. The van der Waals surface area contributed by atoms with Crippen molar-refractivity contribution in [1.82, 2.24) is 9.55 Å². The molecule has 4 aromatic rings. The maximum atomic E-state index is 12.5. The summed E-state index contributed by atoms with van der Waals surface area (Å²) >= 11 is 16.8. The number of nitrogens with zero attached hydrogens (tertiary/aromatic N) is 2. The molecular formula is C23H16BrCl2N3OS. The Morgan fingerprint density at radius 3 is 2.19 bits per heavy atom. The third-order valence-corrected chi connectivity index (χ3v) is 6.40. The lowest BCUT2D eigenvalue weighted by molar-refractivity contribution is -0.113. The lowest BCUT2D eigenvalue weighted by Gasteiger charge is -2.12. The number of carbonyl (C=O) groups is 1. The first-order valence-electron chi connectivity index (χ1n) is 9.27. The SMILES string of the molecule is O=C(CSc1ncc(-c2ccc(Br)cc2)n1-c1ccc(Cl)cc1)Nc1ccc(Cl)cc1. The van der Waals surface area contributed by atoms with E-state index in [-0.39, 0.29) is 11.7 Å². The van der Waals surface area contributed by atoms with Gasteiger partial charge in [-0.05, 0) is 60.7 Å². The second-order valence-corrected chi connectivity index (χ2v) is 9.32. The van der Waals surface area contributed by atoms with Gasteiger partial charge < -0.3 is 5.32 Å². The summed E-state index contributed by atoms with van der Waals surface area (Å²) in [6.07, 6.45) is 1.82. The Labute approximate surface area is 202 Å². The number of aromatic nitrogens is 2. The highest BCUT2D eigenvalue weighted by atomic mass is 79.9. The Morgan fingerprint density at radius 2 is 1.55 bits per heavy atom. The summed E-state index contributed by atoms with van der Waals surface area (Å²) in [6, 6.07) is 22.6. The Kier molecular flexibility index (Phi) is 7.02. The molecule has 4 nitrogen and oxygen atoms in total. The highest BCUT2D eigenvalue weighted by Crippen LogP contribution is 2.31. The molecule has 1 aromatic heterocycles. The minimum absolute atomic E-state index is 0.122. The van der Waals surface area contributed by atoms with Gasteiger partial charge in [-0.3, -0.25) is 9.36 Å². The average Bonchev–Trinajstić information content (AvgIpc) is 3.19. The number of carbonyl (C=O) groups excluding carboxylic acids is 1. The summed E-state index contributed by atoms with van der Waals surface area (Å²) in [4.78, 5) is 17.0. The number of nitrogens with one attached hydrogen (secondary N) is 1. The van der Waals surface area contributed by atoms with E-state index in [1.54, 1.807) is 24.3 Å². The van der Waals surface area contributed by atoms with E-state index in [2.05, 4.69) is 26.2 Å². The average molecular weight is 533 g/mol. The molecule has 1 N–H and O–H groups in total. The van der Waals surface area contributed by atoms with E-state index in [1.165, 1.54) is 11.8 Å². The summed E-state index contributed by atoms with van der Waals surface area (Å²) < 4.78 is 3.03. The van der Waals surface area contributed by atoms with E-state index in [1.807, 2.05) is 59.3 Å². The van der Waals surface area contributed by atoms with Gasteiger partial charge in [0.15, 0.2) is 5.16 Å². The van der Waals surface area contributed by atoms with Crippen LogP contribution in [-0.2, 0) is 4.79 Å². The Balaban J connectivity index is 1.59. The molecule has 0 fully saturated rings. The van der Waals surface area contributed by atoms with Crippen LogP contribution in [0.5, 0.6) is 0 Å². The summed E-state index contributed by atoms with van der Waals surface area (Å²) in [6.45, 7) is 0. The van der Waals surface area contributed by atoms with Crippen LogP contribution in [0.3, 0.4) is 0 Å². The van der Waals surface area contributed by atoms with Crippen LogP contribution in [0.15, 0.2) is 88.6 Å². The Hall–Kier alpha value is -2.25. The number of amides is 1. The lowest BCUT2D eigenvalue weighted by Crippen LogP contribution is -2.14. The van der Waals surface area contributed by atoms with Gasteiger partial charge in [0.1, 0.15) is 0 Å². The van der Waals surface area contributed by atoms with E-state index in [4.69, 9.17) is 23.2 Å². The van der Waals surface area contributed by atoms with Crippen molar-refractivity contribution in [3.05, 3.63) is 93.5 Å². The van der Waals surface area contributed by atoms with E-state index in [0.29, 0.717) is 20.9 Å². The molecule has 0 unspecified atom stereocenters. The molecule has 156 valence electrons. The van der Waals surface area contributed by atoms with Gasteiger partial charge >= 0.3 is 0 Å². The number of rotatable bonds is 6. The number of imidazole rings is 1. The molecule has 31 heavy (non-hydrogen) atoms. The van der Waals surface area contributed by atoms with Gasteiger partial charge in [0.2, 0.25) is 5.91 Å². The lowest BCUT2D eigenvalue weighted by atomic mass is 10.1. The number of hydrogen-bond acceptors (Lipinski definition) is 3. The van der Waals surface area contributed by atoms with Gasteiger partial charge in [0, 0.05) is 31.5 Å². The number of halogens is 3. The normalized spacial score (nSPS) is 10.8. The number of anilines is 1. The fourth-order valence-corrected chi connectivity index (χ4v) is 4.27. The van der Waals surface area contributed by atoms with Gasteiger partial charge in [-0.25, -0.2) is 4.98 Å². The van der Waals surface area contributed by atoms with Crippen molar-refractivity contribution in [1.29, 1.82) is 0 Å². The summed E-state index contributed by atoms with van der Waals surface area (Å²) in [7, 11) is 0. The van der Waals surface area contributed by atoms with Crippen molar-refractivity contribution in [3.8, 4) is 16.9 Å². The molecular weight excluding hydrogens is 517 g/mol. The van der Waals surface area contributed by atoms with Crippen molar-refractivity contribution in [2.75, 3.05) is 11.1 Å². The predicted octanol–water partition coefficient (Wildman–Crippen LogP) is 7.34. The van der Waals surface area contributed by atoms with Gasteiger partial charge in [0.25, 0.3) is 0 Å². The number of benzene rings is 3. The molecule has 0 aliphatic heterocycles. The number of hydrogen-bond donors (Lipinski definition) is 1. The van der Waals surface area contributed by atoms with E-state index >= 15 is 0 Å². The van der Waals surface area contributed by atoms with Crippen LogP contribution < -0.4 is 5.32 Å². The first-order chi connectivity index (χ1) is 15.0. The highest BCUT2D eigenvalue weighted by molar-refractivity contribution is 9.10. The maximum Gasteiger partial charge on any atom is 0.234 e. The first kappa shape index (κ1) is 22.0. The summed E-state index contributed by atoms with van der Waals surface area (Å²) in [5.41, 5.74) is 3.56. The standard InChI is InChI=1S/C23H16BrCl2N3OS/c24-16-3-1-15(2-4-16)21-13-27-23(29(21)20-11-7-18(26)8-12-20)31-14-22(30)28-19-9-5-17(25)6-10-19/h1-13H,14H2,(H,28,30). The predicted molar refractivity (Wildman–Crippen MR) is 133 cm³/mol. The molecule has 4 rings (SSSR count). The Morgan fingerprint density at radius 1 is 0.935 bits per heavy atom. The molecule has 3 aromatic carbocycles. The number of thioether (sulfide) groups is 1. The van der Waals surface area contributed by atoms with Gasteiger partial charge in [-0.2, -0.15) is 0 Å². The second-order valence-electron chi connectivity index (χ2n) is 6.59. The molecule has 0 aliphatic carbocycles. The van der Waals surface area contributed by atoms with E-state index < -0.39 is 0 Å². The van der Waals surface area contributed by atoms with Crippen LogP contribution in [0.2, 0.25) is 10.0 Å². The van der Waals surface area contributed by atoms with Crippen LogP contribution in [0, 0.1) is 0 Å². The van der Waals surface area contributed by atoms with Crippen LogP contribution in [0.1, 0.15) is 0 Å². The van der Waals surface area contributed by atoms with Crippen molar-refractivity contribution in [2.24, 2.45) is 0 Å². The van der Waals surface area contributed by atoms with Gasteiger partial charge in [-0.1, -0.05) is 63.0 Å². The van der Waals surface area contributed by atoms with Crippen molar-refractivity contribution >= 4 is 62.5 Å². The fraction of sp³-hybridized carbons (Fsp3) is 0.0435. The third kappa shape index (κ3) is 5.52. The molecule has 0 bridgehead atoms. The quantitative estimate of drug-likeness (QED) is 0.264. The fourth-order valence-electron chi connectivity index (χ4n) is 2.96. The van der Waals surface area contributed by atoms with E-state index in [9.17, 15) is 4.79 Å². The zero-order chi connectivity index (χ0) is 21.8. The zero-order valence-electron chi connectivity index (χ0n) is 16.1. The topological polar surface area (TPSA) is 46.9 Å². The molecule has 8 heteroatoms. The maximum absolute atomic E-state index is 12.5. The minimum atomic E-state index is -0.122. The van der Waals surface area contributed by atoms with E-state index in [0.717, 1.165) is 21.4 Å². The third-order valence-electron chi connectivity index (χ3n) is 4.41. The van der Waals surface area contributed by atoms with Crippen molar-refractivity contribution < 1.29 is 4.79 Å². The molecule has 0 spiro atoms. The summed E-state index contributed by atoms with van der Waals surface area (Å²) in [5, 5.41) is 4.87. The van der Waals surface area contributed by atoms with Crippen molar-refractivity contribution in [3.63, 3.8) is 0 Å². The molecule has 0 saturated heterocycles. The molecule has 0 aliphatic rings. The first-order valence-corrected chi connectivity index (χ1v) is 11.8. The smallest absolute Gasteiger partial charge is 0.234 e. The summed E-state index contributed by atoms with van der Waals surface area (Å²) in [5.74, 6) is 0.0932. The van der Waals surface area contributed by atoms with Gasteiger partial charge in [0.05, 0.1) is 17.6 Å². The monoisotopic (exact) mass is 531 g/mol. The minimum Gasteiger partial charge on any atom is -0.325 e. The second kappa shape index (κ2) is 9.92. The molecule has 0 radical (unpaired) electrons. The van der Waals surface area contributed by atoms with Crippen LogP contribution in [0.4, 0.5) is 5.69 Å². The molecule has 0 saturated carbocycles. The highest BCUT2D eigenvalue weighted by Gasteiger charge is 2.16. The van der Waals surface area contributed by atoms with Crippen LogP contribution in [-0.4, -0.2) is 21.2 Å². The van der Waals surface area contributed by atoms with Gasteiger partial charge in [-0.15, -0.1) is 0 Å². The molecule has 1 heterocycles. The van der Waals surface area contributed by atoms with Crippen molar-refractivity contribution in [2.45, 2.75) is 5.16 Å².